The molecule has 2 unspecified atom stereocenters. The highest BCUT2D eigenvalue weighted by Gasteiger charge is 2.28. The highest BCUT2D eigenvalue weighted by Crippen LogP contribution is 2.41. The van der Waals surface area contributed by atoms with E-state index in [1.54, 1.807) is 5.57 Å². The molecule has 0 heterocycles. The molecular weight excluding hydrogens is 156 g/mol. The Morgan fingerprint density at radius 1 is 1.31 bits per heavy atom. The summed E-state index contributed by atoms with van der Waals surface area (Å²) in [4.78, 5) is 0. The first-order valence-corrected chi connectivity index (χ1v) is 5.86. The summed E-state index contributed by atoms with van der Waals surface area (Å²) in [6.07, 6.45) is 8.00. The molecule has 0 saturated carbocycles. The van der Waals surface area contributed by atoms with E-state index in [1.165, 1.54) is 25.7 Å². The van der Waals surface area contributed by atoms with Gasteiger partial charge in [-0.05, 0) is 30.6 Å². The molecule has 0 aromatic carbocycles. The molecule has 0 aromatic rings. The normalized spacial score (nSPS) is 23.2. The van der Waals surface area contributed by atoms with Crippen LogP contribution < -0.4 is 0 Å². The van der Waals surface area contributed by atoms with Crippen LogP contribution in [0.25, 0.3) is 0 Å². The van der Waals surface area contributed by atoms with Gasteiger partial charge in [0.25, 0.3) is 0 Å². The fourth-order valence-corrected chi connectivity index (χ4v) is 2.10. The van der Waals surface area contributed by atoms with E-state index in [0.29, 0.717) is 0 Å². The lowest BCUT2D eigenvalue weighted by atomic mass is 9.95. The van der Waals surface area contributed by atoms with Crippen LogP contribution in [-0.4, -0.2) is 0 Å². The van der Waals surface area contributed by atoms with Crippen LogP contribution in [0.15, 0.2) is 11.6 Å². The zero-order valence-electron chi connectivity index (χ0n) is 9.64. The molecule has 0 spiro atoms. The van der Waals surface area contributed by atoms with Crippen molar-refractivity contribution in [2.45, 2.75) is 53.4 Å². The van der Waals surface area contributed by atoms with Crippen molar-refractivity contribution < 1.29 is 0 Å². The van der Waals surface area contributed by atoms with Crippen LogP contribution in [0.1, 0.15) is 53.4 Å². The fraction of sp³-hybridized carbons (Fsp3) is 0.846. The summed E-state index contributed by atoms with van der Waals surface area (Å²) in [6.45, 7) is 9.31. The minimum atomic E-state index is 0.858. The largest absolute Gasteiger partial charge is 0.0773 e. The molecule has 13 heavy (non-hydrogen) atoms. The molecule has 76 valence electrons. The highest BCUT2D eigenvalue weighted by molar-refractivity contribution is 5.31. The van der Waals surface area contributed by atoms with Crippen LogP contribution in [0, 0.1) is 17.8 Å². The van der Waals surface area contributed by atoms with Gasteiger partial charge in [-0.2, -0.15) is 0 Å². The van der Waals surface area contributed by atoms with E-state index in [4.69, 9.17) is 0 Å². The minimum absolute atomic E-state index is 0.858. The molecule has 0 aliphatic heterocycles. The second-order valence-corrected chi connectivity index (χ2v) is 4.95. The zero-order chi connectivity index (χ0) is 9.84. The Labute approximate surface area is 83.4 Å². The van der Waals surface area contributed by atoms with Crippen molar-refractivity contribution in [3.05, 3.63) is 11.6 Å². The third-order valence-corrected chi connectivity index (χ3v) is 3.00. The average Bonchev–Trinajstić information content (AvgIpc) is 2.78. The van der Waals surface area contributed by atoms with Gasteiger partial charge in [-0.1, -0.05) is 52.2 Å². The van der Waals surface area contributed by atoms with Crippen LogP contribution in [0.5, 0.6) is 0 Å². The molecule has 0 nitrogen and oxygen atoms in total. The molecule has 2 atom stereocenters. The van der Waals surface area contributed by atoms with Crippen molar-refractivity contribution in [1.29, 1.82) is 0 Å². The number of unbranched alkanes of at least 4 members (excludes halogenated alkanes) is 1. The van der Waals surface area contributed by atoms with Gasteiger partial charge in [0.05, 0.1) is 0 Å². The molecule has 0 saturated heterocycles. The van der Waals surface area contributed by atoms with E-state index >= 15 is 0 Å². The van der Waals surface area contributed by atoms with Crippen LogP contribution >= 0.6 is 0 Å². The SMILES string of the molecule is CCCCC(C)C1=CC1CC(C)C. The molecule has 0 heteroatoms. The van der Waals surface area contributed by atoms with Crippen molar-refractivity contribution in [1.82, 2.24) is 0 Å². The third kappa shape index (κ3) is 3.54. The molecule has 0 aromatic heterocycles. The first kappa shape index (κ1) is 10.8. The number of hydrogen-bond donors (Lipinski definition) is 0. The van der Waals surface area contributed by atoms with Crippen LogP contribution in [0.4, 0.5) is 0 Å². The van der Waals surface area contributed by atoms with Crippen molar-refractivity contribution >= 4 is 0 Å². The maximum absolute atomic E-state index is 2.49. The first-order valence-electron chi connectivity index (χ1n) is 5.86. The zero-order valence-corrected chi connectivity index (χ0v) is 9.64. The van der Waals surface area contributed by atoms with Crippen molar-refractivity contribution in [2.24, 2.45) is 17.8 Å². The molecule has 0 radical (unpaired) electrons. The fourth-order valence-electron chi connectivity index (χ4n) is 2.10. The van der Waals surface area contributed by atoms with Crippen molar-refractivity contribution in [3.63, 3.8) is 0 Å². The summed E-state index contributed by atoms with van der Waals surface area (Å²) < 4.78 is 0. The Morgan fingerprint density at radius 2 is 2.00 bits per heavy atom. The van der Waals surface area contributed by atoms with E-state index in [2.05, 4.69) is 33.8 Å². The Bertz CT molecular complexity index is 176. The maximum atomic E-state index is 2.49. The molecule has 0 bridgehead atoms. The van der Waals surface area contributed by atoms with E-state index in [9.17, 15) is 0 Å². The monoisotopic (exact) mass is 180 g/mol. The topological polar surface area (TPSA) is 0 Å². The van der Waals surface area contributed by atoms with Crippen molar-refractivity contribution in [3.8, 4) is 0 Å². The first-order chi connectivity index (χ1) is 6.15. The molecule has 1 rings (SSSR count). The second kappa shape index (κ2) is 4.83. The van der Waals surface area contributed by atoms with Gasteiger partial charge in [-0.25, -0.2) is 0 Å². The van der Waals surface area contributed by atoms with Gasteiger partial charge in [0.15, 0.2) is 0 Å². The highest BCUT2D eigenvalue weighted by atomic mass is 14.3. The van der Waals surface area contributed by atoms with Gasteiger partial charge in [-0.15, -0.1) is 0 Å². The quantitative estimate of drug-likeness (QED) is 0.531. The summed E-state index contributed by atoms with van der Waals surface area (Å²) in [5, 5.41) is 0. The molecule has 1 aliphatic carbocycles. The lowest BCUT2D eigenvalue weighted by Crippen LogP contribution is -1.98. The van der Waals surface area contributed by atoms with E-state index in [-0.39, 0.29) is 0 Å². The third-order valence-electron chi connectivity index (χ3n) is 3.00. The number of allylic oxidation sites excluding steroid dienone is 2. The lowest BCUT2D eigenvalue weighted by Gasteiger charge is -2.10. The van der Waals surface area contributed by atoms with Gasteiger partial charge in [0, 0.05) is 0 Å². The standard InChI is InChI=1S/C13H24/c1-5-6-7-11(4)13-9-12(13)8-10(2)3/h9-12H,5-8H2,1-4H3. The number of rotatable bonds is 6. The van der Waals surface area contributed by atoms with Crippen molar-refractivity contribution in [2.75, 3.05) is 0 Å². The number of hydrogen-bond acceptors (Lipinski definition) is 0. The van der Waals surface area contributed by atoms with Gasteiger partial charge in [0.2, 0.25) is 0 Å². The van der Waals surface area contributed by atoms with Crippen LogP contribution in [-0.2, 0) is 0 Å². The Balaban J connectivity index is 2.14. The average molecular weight is 180 g/mol. The smallest absolute Gasteiger partial charge is 0.00150 e. The molecule has 0 fully saturated rings. The second-order valence-electron chi connectivity index (χ2n) is 4.95. The lowest BCUT2D eigenvalue weighted by molar-refractivity contribution is 0.511. The van der Waals surface area contributed by atoms with Gasteiger partial charge >= 0.3 is 0 Å². The molecule has 1 aliphatic rings. The Kier molecular flexibility index (Phi) is 4.02. The summed E-state index contributed by atoms with van der Waals surface area (Å²) >= 11 is 0. The van der Waals surface area contributed by atoms with E-state index in [0.717, 1.165) is 17.8 Å². The minimum Gasteiger partial charge on any atom is -0.0773 e. The van der Waals surface area contributed by atoms with Gasteiger partial charge < -0.3 is 0 Å². The summed E-state index contributed by atoms with van der Waals surface area (Å²) in [6, 6.07) is 0. The summed E-state index contributed by atoms with van der Waals surface area (Å²) in [5.41, 5.74) is 1.75. The summed E-state index contributed by atoms with van der Waals surface area (Å²) in [5.74, 6) is 2.60. The maximum Gasteiger partial charge on any atom is -0.00150 e. The Hall–Kier alpha value is -0.260. The Morgan fingerprint density at radius 3 is 2.54 bits per heavy atom. The van der Waals surface area contributed by atoms with Crippen LogP contribution in [0.2, 0.25) is 0 Å². The molecule has 0 N–H and O–H groups in total. The predicted octanol–water partition coefficient (Wildman–Crippen LogP) is 4.42. The van der Waals surface area contributed by atoms with Gasteiger partial charge in [-0.3, -0.25) is 0 Å². The van der Waals surface area contributed by atoms with E-state index in [1.807, 2.05) is 0 Å². The van der Waals surface area contributed by atoms with Gasteiger partial charge in [0.1, 0.15) is 0 Å². The molecule has 0 amide bonds. The van der Waals surface area contributed by atoms with Crippen LogP contribution in [0.3, 0.4) is 0 Å². The van der Waals surface area contributed by atoms with E-state index < -0.39 is 0 Å². The molecular formula is C13H24. The predicted molar refractivity (Wildman–Crippen MR) is 59.7 cm³/mol. The summed E-state index contributed by atoms with van der Waals surface area (Å²) in [7, 11) is 0.